The van der Waals surface area contributed by atoms with E-state index in [1.165, 1.54) is 13.1 Å². The minimum atomic E-state index is -4.03. The van der Waals surface area contributed by atoms with E-state index in [1.54, 1.807) is 6.92 Å². The third-order valence-corrected chi connectivity index (χ3v) is 4.78. The summed E-state index contributed by atoms with van der Waals surface area (Å²) in [6, 6.07) is 2.47. The van der Waals surface area contributed by atoms with Crippen molar-refractivity contribution in [2.24, 2.45) is 5.14 Å². The number of aryl methyl sites for hydroxylation is 1. The van der Waals surface area contributed by atoms with Crippen molar-refractivity contribution in [2.45, 2.75) is 18.2 Å². The van der Waals surface area contributed by atoms with E-state index >= 15 is 0 Å². The van der Waals surface area contributed by atoms with E-state index in [1.807, 2.05) is 0 Å². The molecule has 0 radical (unpaired) electrons. The van der Waals surface area contributed by atoms with E-state index in [2.05, 4.69) is 15.9 Å². The highest BCUT2D eigenvalue weighted by atomic mass is 79.9. The van der Waals surface area contributed by atoms with Crippen molar-refractivity contribution >= 4 is 31.9 Å². The fraction of sp³-hybridized carbons (Fsp3) is 0.364. The summed E-state index contributed by atoms with van der Waals surface area (Å²) in [5, 5.41) is 5.05. The van der Waals surface area contributed by atoms with E-state index in [0.717, 1.165) is 11.0 Å². The van der Waals surface area contributed by atoms with Gasteiger partial charge >= 0.3 is 0 Å². The lowest BCUT2D eigenvalue weighted by atomic mass is 10.1. The maximum absolute atomic E-state index is 12.3. The maximum atomic E-state index is 12.3. The summed E-state index contributed by atoms with van der Waals surface area (Å²) in [6.45, 7) is 0.835. The zero-order chi connectivity index (χ0) is 15.7. The van der Waals surface area contributed by atoms with Gasteiger partial charge in [0.1, 0.15) is 0 Å². The fourth-order valence-corrected chi connectivity index (χ4v) is 3.19. The number of halogens is 3. The first-order valence-corrected chi connectivity index (χ1v) is 7.74. The van der Waals surface area contributed by atoms with Gasteiger partial charge in [-0.05, 0) is 40.5 Å². The summed E-state index contributed by atoms with van der Waals surface area (Å²) in [6.07, 6.45) is -2.67. The smallest absolute Gasteiger partial charge is 0.255 e. The number of primary sulfonamides is 1. The van der Waals surface area contributed by atoms with Gasteiger partial charge in [-0.2, -0.15) is 0 Å². The first-order chi connectivity index (χ1) is 9.04. The minimum Gasteiger partial charge on any atom is -0.336 e. The number of hydrogen-bond donors (Lipinski definition) is 1. The monoisotopic (exact) mass is 370 g/mol. The van der Waals surface area contributed by atoms with Gasteiger partial charge in [-0.25, -0.2) is 22.3 Å². The average Bonchev–Trinajstić information content (AvgIpc) is 2.29. The van der Waals surface area contributed by atoms with Crippen molar-refractivity contribution < 1.29 is 22.0 Å². The van der Waals surface area contributed by atoms with Gasteiger partial charge < -0.3 is 4.90 Å². The van der Waals surface area contributed by atoms with Gasteiger partial charge in [0.15, 0.2) is 0 Å². The Hall–Kier alpha value is -1.06. The molecule has 1 amide bonds. The lowest BCUT2D eigenvalue weighted by Gasteiger charge is -2.17. The van der Waals surface area contributed by atoms with Gasteiger partial charge in [0.05, 0.1) is 11.4 Å². The Morgan fingerprint density at radius 3 is 2.45 bits per heavy atom. The van der Waals surface area contributed by atoms with Crippen LogP contribution >= 0.6 is 15.9 Å². The zero-order valence-corrected chi connectivity index (χ0v) is 13.1. The van der Waals surface area contributed by atoms with Crippen LogP contribution in [0, 0.1) is 6.92 Å². The topological polar surface area (TPSA) is 80.5 Å². The Labute approximate surface area is 123 Å². The quantitative estimate of drug-likeness (QED) is 0.876. The number of alkyl halides is 2. The Morgan fingerprint density at radius 2 is 2.00 bits per heavy atom. The van der Waals surface area contributed by atoms with Gasteiger partial charge in [0, 0.05) is 17.1 Å². The molecule has 20 heavy (non-hydrogen) atoms. The molecule has 2 N–H and O–H groups in total. The van der Waals surface area contributed by atoms with Gasteiger partial charge in [0.2, 0.25) is 10.0 Å². The van der Waals surface area contributed by atoms with Crippen molar-refractivity contribution in [3.8, 4) is 0 Å². The summed E-state index contributed by atoms with van der Waals surface area (Å²) < 4.78 is 47.6. The lowest BCUT2D eigenvalue weighted by Crippen LogP contribution is -2.31. The van der Waals surface area contributed by atoms with E-state index in [0.29, 0.717) is 5.56 Å². The molecule has 0 spiro atoms. The van der Waals surface area contributed by atoms with Crippen LogP contribution in [0.25, 0.3) is 0 Å². The van der Waals surface area contributed by atoms with Crippen molar-refractivity contribution in [3.63, 3.8) is 0 Å². The highest BCUT2D eigenvalue weighted by molar-refractivity contribution is 9.10. The van der Waals surface area contributed by atoms with Crippen LogP contribution in [0.1, 0.15) is 15.9 Å². The minimum absolute atomic E-state index is 0.0159. The third kappa shape index (κ3) is 3.97. The normalized spacial score (nSPS) is 11.8. The van der Waals surface area contributed by atoms with Crippen LogP contribution in [0.2, 0.25) is 0 Å². The SMILES string of the molecule is Cc1cc(C(=O)N(C)CC(F)F)cc(S(N)(=O)=O)c1Br. The molecule has 0 aliphatic heterocycles. The number of hydrogen-bond acceptors (Lipinski definition) is 3. The number of carbonyl (C=O) groups excluding carboxylic acids is 1. The molecule has 0 unspecified atom stereocenters. The van der Waals surface area contributed by atoms with Gasteiger partial charge in [-0.3, -0.25) is 4.79 Å². The Kier molecular flexibility index (Phi) is 5.22. The van der Waals surface area contributed by atoms with Crippen molar-refractivity contribution in [1.29, 1.82) is 0 Å². The number of nitrogens with zero attached hydrogens (tertiary/aromatic N) is 1. The van der Waals surface area contributed by atoms with Gasteiger partial charge in [0.25, 0.3) is 12.3 Å². The molecule has 5 nitrogen and oxygen atoms in total. The van der Waals surface area contributed by atoms with Crippen LogP contribution in [-0.2, 0) is 10.0 Å². The molecule has 0 fully saturated rings. The van der Waals surface area contributed by atoms with Crippen LogP contribution in [0.5, 0.6) is 0 Å². The van der Waals surface area contributed by atoms with Crippen LogP contribution in [0.15, 0.2) is 21.5 Å². The van der Waals surface area contributed by atoms with E-state index in [4.69, 9.17) is 5.14 Å². The molecule has 0 atom stereocenters. The Morgan fingerprint density at radius 1 is 1.45 bits per heavy atom. The molecular weight excluding hydrogens is 358 g/mol. The largest absolute Gasteiger partial charge is 0.336 e. The number of rotatable bonds is 4. The Balaban J connectivity index is 3.28. The molecule has 0 aliphatic carbocycles. The van der Waals surface area contributed by atoms with Crippen molar-refractivity contribution in [2.75, 3.05) is 13.6 Å². The molecular formula is C11H13BrF2N2O3S. The lowest BCUT2D eigenvalue weighted by molar-refractivity contribution is 0.0620. The molecule has 1 rings (SSSR count). The summed E-state index contributed by atoms with van der Waals surface area (Å²) in [7, 11) is -2.82. The molecule has 0 saturated carbocycles. The van der Waals surface area contributed by atoms with E-state index in [9.17, 15) is 22.0 Å². The first kappa shape index (κ1) is 17.0. The van der Waals surface area contributed by atoms with E-state index in [-0.39, 0.29) is 14.9 Å². The van der Waals surface area contributed by atoms with Crippen molar-refractivity contribution in [1.82, 2.24) is 4.90 Å². The molecule has 0 bridgehead atoms. The molecule has 112 valence electrons. The van der Waals surface area contributed by atoms with Crippen LogP contribution < -0.4 is 5.14 Å². The molecule has 0 heterocycles. The number of amides is 1. The van der Waals surface area contributed by atoms with Crippen LogP contribution in [-0.4, -0.2) is 39.2 Å². The summed E-state index contributed by atoms with van der Waals surface area (Å²) >= 11 is 3.07. The fourth-order valence-electron chi connectivity index (χ4n) is 1.58. The molecule has 1 aromatic rings. The number of sulfonamides is 1. The maximum Gasteiger partial charge on any atom is 0.255 e. The van der Waals surface area contributed by atoms with Gasteiger partial charge in [-0.15, -0.1) is 0 Å². The number of carbonyl (C=O) groups is 1. The van der Waals surface area contributed by atoms with Crippen LogP contribution in [0.4, 0.5) is 8.78 Å². The van der Waals surface area contributed by atoms with E-state index < -0.39 is 28.9 Å². The second kappa shape index (κ2) is 6.15. The zero-order valence-electron chi connectivity index (χ0n) is 10.7. The molecule has 0 aliphatic rings. The third-order valence-electron chi connectivity index (χ3n) is 2.53. The summed E-state index contributed by atoms with van der Waals surface area (Å²) in [5.74, 6) is -0.703. The van der Waals surface area contributed by atoms with Crippen molar-refractivity contribution in [3.05, 3.63) is 27.7 Å². The average molecular weight is 371 g/mol. The highest BCUT2D eigenvalue weighted by Crippen LogP contribution is 2.27. The molecule has 0 aromatic heterocycles. The molecule has 0 saturated heterocycles. The number of nitrogens with two attached hydrogens (primary N) is 1. The Bertz CT molecular complexity index is 635. The predicted molar refractivity (Wildman–Crippen MR) is 73.2 cm³/mol. The summed E-state index contributed by atoms with van der Waals surface area (Å²) in [5.41, 5.74) is 0.447. The second-order valence-electron chi connectivity index (χ2n) is 4.23. The predicted octanol–water partition coefficient (Wildman–Crippen LogP) is 1.74. The standard InChI is InChI=1S/C11H13BrF2N2O3S/c1-6-3-7(11(17)16(2)5-9(13)14)4-8(10(6)12)20(15,18)19/h3-4,9H,5H2,1-2H3,(H2,15,18,19). The highest BCUT2D eigenvalue weighted by Gasteiger charge is 2.21. The van der Waals surface area contributed by atoms with Gasteiger partial charge in [-0.1, -0.05) is 0 Å². The molecule has 1 aromatic carbocycles. The summed E-state index contributed by atoms with van der Waals surface area (Å²) in [4.78, 5) is 12.5. The number of benzene rings is 1. The second-order valence-corrected chi connectivity index (χ2v) is 6.55. The molecule has 9 heteroatoms. The first-order valence-electron chi connectivity index (χ1n) is 5.40. The van der Waals surface area contributed by atoms with Crippen LogP contribution in [0.3, 0.4) is 0 Å².